The fourth-order valence-electron chi connectivity index (χ4n) is 2.60. The van der Waals surface area contributed by atoms with Crippen LogP contribution in [-0.2, 0) is 6.42 Å². The Kier molecular flexibility index (Phi) is 3.38. The number of aromatic nitrogens is 1. The molecular formula is C17H15BrFN. The van der Waals surface area contributed by atoms with Crippen LogP contribution in [0.2, 0.25) is 0 Å². The summed E-state index contributed by atoms with van der Waals surface area (Å²) in [5.74, 6) is -0.166. The molecule has 0 atom stereocenters. The largest absolute Gasteiger partial charge is 0.358 e. The standard InChI is InChI=1S/C17H15BrFN/c1-10-6-7-17-13(8-10)12(11(2)20-17)9-14-15(18)4-3-5-16(14)19/h3-8,20H,9H2,1-2H3. The summed E-state index contributed by atoms with van der Waals surface area (Å²) in [4.78, 5) is 3.38. The van der Waals surface area contributed by atoms with Gasteiger partial charge in [0, 0.05) is 33.1 Å². The van der Waals surface area contributed by atoms with Gasteiger partial charge in [0.15, 0.2) is 0 Å². The van der Waals surface area contributed by atoms with E-state index in [1.165, 1.54) is 17.0 Å². The van der Waals surface area contributed by atoms with E-state index in [1.807, 2.05) is 13.0 Å². The molecule has 0 radical (unpaired) electrons. The summed E-state index contributed by atoms with van der Waals surface area (Å²) >= 11 is 3.45. The third-order valence-electron chi connectivity index (χ3n) is 3.69. The second kappa shape index (κ2) is 5.06. The maximum Gasteiger partial charge on any atom is 0.127 e. The van der Waals surface area contributed by atoms with E-state index in [0.29, 0.717) is 12.0 Å². The SMILES string of the molecule is Cc1ccc2[nH]c(C)c(Cc3c(F)cccc3Br)c2c1. The molecule has 1 nitrogen and oxygen atoms in total. The predicted molar refractivity (Wildman–Crippen MR) is 84.7 cm³/mol. The number of aromatic amines is 1. The van der Waals surface area contributed by atoms with Gasteiger partial charge in [0.05, 0.1) is 0 Å². The van der Waals surface area contributed by atoms with Crippen LogP contribution in [0.15, 0.2) is 40.9 Å². The Hall–Kier alpha value is -1.61. The van der Waals surface area contributed by atoms with Crippen molar-refractivity contribution in [2.24, 2.45) is 0 Å². The highest BCUT2D eigenvalue weighted by Gasteiger charge is 2.13. The highest BCUT2D eigenvalue weighted by Crippen LogP contribution is 2.29. The molecule has 1 N–H and O–H groups in total. The highest BCUT2D eigenvalue weighted by molar-refractivity contribution is 9.10. The Morgan fingerprint density at radius 3 is 2.65 bits per heavy atom. The zero-order valence-corrected chi connectivity index (χ0v) is 13.0. The van der Waals surface area contributed by atoms with Crippen molar-refractivity contribution in [2.75, 3.05) is 0 Å². The maximum absolute atomic E-state index is 14.0. The van der Waals surface area contributed by atoms with E-state index in [4.69, 9.17) is 0 Å². The van der Waals surface area contributed by atoms with Crippen molar-refractivity contribution in [3.8, 4) is 0 Å². The van der Waals surface area contributed by atoms with E-state index in [2.05, 4.69) is 46.0 Å². The van der Waals surface area contributed by atoms with Crippen molar-refractivity contribution < 1.29 is 4.39 Å². The van der Waals surface area contributed by atoms with Crippen LogP contribution in [0.25, 0.3) is 10.9 Å². The molecule has 2 aromatic carbocycles. The molecule has 0 spiro atoms. The Morgan fingerprint density at radius 1 is 1.10 bits per heavy atom. The van der Waals surface area contributed by atoms with Crippen LogP contribution in [-0.4, -0.2) is 4.98 Å². The van der Waals surface area contributed by atoms with Crippen LogP contribution in [0.1, 0.15) is 22.4 Å². The van der Waals surface area contributed by atoms with E-state index >= 15 is 0 Å². The molecule has 3 aromatic rings. The summed E-state index contributed by atoms with van der Waals surface area (Å²) in [5.41, 5.74) is 5.29. The zero-order valence-electron chi connectivity index (χ0n) is 11.4. The van der Waals surface area contributed by atoms with Crippen LogP contribution < -0.4 is 0 Å². The Balaban J connectivity index is 2.15. The van der Waals surface area contributed by atoms with Gasteiger partial charge in [-0.25, -0.2) is 4.39 Å². The predicted octanol–water partition coefficient (Wildman–Crippen LogP) is 5.28. The Bertz CT molecular complexity index is 769. The number of aryl methyl sites for hydroxylation is 2. The van der Waals surface area contributed by atoms with E-state index < -0.39 is 0 Å². The maximum atomic E-state index is 14.0. The minimum Gasteiger partial charge on any atom is -0.358 e. The number of nitrogens with one attached hydrogen (secondary N) is 1. The van der Waals surface area contributed by atoms with Gasteiger partial charge in [0.1, 0.15) is 5.82 Å². The Labute approximate surface area is 126 Å². The minimum absolute atomic E-state index is 0.166. The first-order chi connectivity index (χ1) is 9.56. The third kappa shape index (κ3) is 2.27. The molecule has 3 rings (SSSR count). The van der Waals surface area contributed by atoms with Crippen LogP contribution in [0.5, 0.6) is 0 Å². The second-order valence-corrected chi connectivity index (χ2v) is 6.01. The van der Waals surface area contributed by atoms with Crippen molar-refractivity contribution in [1.82, 2.24) is 4.98 Å². The summed E-state index contributed by atoms with van der Waals surface area (Å²) < 4.78 is 14.8. The lowest BCUT2D eigenvalue weighted by Crippen LogP contribution is -1.95. The molecule has 0 aliphatic heterocycles. The van der Waals surface area contributed by atoms with Crippen LogP contribution in [0.4, 0.5) is 4.39 Å². The molecule has 0 unspecified atom stereocenters. The number of H-pyrrole nitrogens is 1. The van der Waals surface area contributed by atoms with Crippen molar-refractivity contribution >= 4 is 26.8 Å². The molecule has 20 heavy (non-hydrogen) atoms. The summed E-state index contributed by atoms with van der Waals surface area (Å²) in [7, 11) is 0. The average molecular weight is 332 g/mol. The molecule has 1 heterocycles. The monoisotopic (exact) mass is 331 g/mol. The number of hydrogen-bond donors (Lipinski definition) is 1. The molecule has 0 aliphatic rings. The first kappa shape index (κ1) is 13.4. The van der Waals surface area contributed by atoms with E-state index in [-0.39, 0.29) is 5.82 Å². The zero-order chi connectivity index (χ0) is 14.3. The van der Waals surface area contributed by atoms with E-state index in [9.17, 15) is 4.39 Å². The van der Waals surface area contributed by atoms with Gasteiger partial charge in [-0.05, 0) is 43.7 Å². The van der Waals surface area contributed by atoms with Gasteiger partial charge in [-0.15, -0.1) is 0 Å². The quantitative estimate of drug-likeness (QED) is 0.657. The molecular weight excluding hydrogens is 317 g/mol. The van der Waals surface area contributed by atoms with E-state index in [0.717, 1.165) is 21.2 Å². The first-order valence-corrected chi connectivity index (χ1v) is 7.36. The van der Waals surface area contributed by atoms with Gasteiger partial charge in [0.25, 0.3) is 0 Å². The number of fused-ring (bicyclic) bond motifs is 1. The normalized spacial score (nSPS) is 11.2. The van der Waals surface area contributed by atoms with Crippen LogP contribution in [0, 0.1) is 19.7 Å². The fraction of sp³-hybridized carbons (Fsp3) is 0.176. The molecule has 0 fully saturated rings. The average Bonchev–Trinajstić information content (AvgIpc) is 2.70. The second-order valence-electron chi connectivity index (χ2n) is 5.15. The molecule has 1 aromatic heterocycles. The number of hydrogen-bond acceptors (Lipinski definition) is 0. The Morgan fingerprint density at radius 2 is 1.90 bits per heavy atom. The summed E-state index contributed by atoms with van der Waals surface area (Å²) in [6.45, 7) is 4.12. The number of halogens is 2. The molecule has 0 saturated carbocycles. The molecule has 102 valence electrons. The van der Waals surface area contributed by atoms with E-state index in [1.54, 1.807) is 6.07 Å². The van der Waals surface area contributed by atoms with Gasteiger partial charge >= 0.3 is 0 Å². The van der Waals surface area contributed by atoms with Gasteiger partial charge in [-0.3, -0.25) is 0 Å². The minimum atomic E-state index is -0.166. The number of rotatable bonds is 2. The van der Waals surface area contributed by atoms with Gasteiger partial charge in [-0.2, -0.15) is 0 Å². The summed E-state index contributed by atoms with van der Waals surface area (Å²) in [5, 5.41) is 1.18. The van der Waals surface area contributed by atoms with Gasteiger partial charge in [0.2, 0.25) is 0 Å². The first-order valence-electron chi connectivity index (χ1n) is 6.57. The summed E-state index contributed by atoms with van der Waals surface area (Å²) in [6.07, 6.45) is 0.586. The lowest BCUT2D eigenvalue weighted by molar-refractivity contribution is 0.612. The summed E-state index contributed by atoms with van der Waals surface area (Å²) in [6, 6.07) is 11.4. The molecule has 0 bridgehead atoms. The van der Waals surface area contributed by atoms with Gasteiger partial charge in [-0.1, -0.05) is 33.6 Å². The van der Waals surface area contributed by atoms with Crippen molar-refractivity contribution in [1.29, 1.82) is 0 Å². The van der Waals surface area contributed by atoms with Crippen molar-refractivity contribution in [2.45, 2.75) is 20.3 Å². The van der Waals surface area contributed by atoms with Crippen LogP contribution in [0.3, 0.4) is 0 Å². The smallest absolute Gasteiger partial charge is 0.127 e. The lowest BCUT2D eigenvalue weighted by Gasteiger charge is -2.07. The van der Waals surface area contributed by atoms with Crippen LogP contribution >= 0.6 is 15.9 Å². The molecule has 0 aliphatic carbocycles. The molecule has 0 amide bonds. The van der Waals surface area contributed by atoms with Crippen molar-refractivity contribution in [3.05, 3.63) is 69.1 Å². The number of benzene rings is 2. The molecule has 3 heteroatoms. The lowest BCUT2D eigenvalue weighted by atomic mass is 10.0. The fourth-order valence-corrected chi connectivity index (χ4v) is 3.08. The van der Waals surface area contributed by atoms with Crippen molar-refractivity contribution in [3.63, 3.8) is 0 Å². The topological polar surface area (TPSA) is 15.8 Å². The van der Waals surface area contributed by atoms with Gasteiger partial charge < -0.3 is 4.98 Å². The highest BCUT2D eigenvalue weighted by atomic mass is 79.9. The molecule has 0 saturated heterocycles. The third-order valence-corrected chi connectivity index (χ3v) is 4.43.